The van der Waals surface area contributed by atoms with Crippen molar-refractivity contribution in [2.45, 2.75) is 18.4 Å². The van der Waals surface area contributed by atoms with Crippen LogP contribution in [0.15, 0.2) is 53.4 Å². The van der Waals surface area contributed by atoms with Crippen LogP contribution >= 0.6 is 11.6 Å². The molecule has 0 N–H and O–H groups in total. The minimum absolute atomic E-state index is 0.313. The molecule has 0 spiro atoms. The van der Waals surface area contributed by atoms with Crippen molar-refractivity contribution in [3.05, 3.63) is 64.7 Å². The molecule has 2 aromatic rings. The highest BCUT2D eigenvalue weighted by Crippen LogP contribution is 2.20. The van der Waals surface area contributed by atoms with Gasteiger partial charge in [0.05, 0.1) is 4.90 Å². The highest BCUT2D eigenvalue weighted by Gasteiger charge is 2.22. The van der Waals surface area contributed by atoms with Gasteiger partial charge in [-0.2, -0.15) is 4.31 Å². The van der Waals surface area contributed by atoms with Crippen molar-refractivity contribution in [2.75, 3.05) is 7.05 Å². The van der Waals surface area contributed by atoms with Crippen LogP contribution in [0.3, 0.4) is 0 Å². The lowest BCUT2D eigenvalue weighted by Gasteiger charge is -2.18. The Bertz CT molecular complexity index is 696. The van der Waals surface area contributed by atoms with Crippen molar-refractivity contribution in [2.24, 2.45) is 0 Å². The number of hydrogen-bond acceptors (Lipinski definition) is 2. The lowest BCUT2D eigenvalue weighted by Crippen LogP contribution is -2.27. The summed E-state index contributed by atoms with van der Waals surface area (Å²) >= 11 is 5.82. The van der Waals surface area contributed by atoms with Crippen molar-refractivity contribution < 1.29 is 8.42 Å². The van der Waals surface area contributed by atoms with Crippen LogP contribution in [0.2, 0.25) is 5.02 Å². The molecule has 0 heterocycles. The van der Waals surface area contributed by atoms with E-state index >= 15 is 0 Å². The molecule has 5 heteroatoms. The first kappa shape index (κ1) is 15.0. The van der Waals surface area contributed by atoms with E-state index in [2.05, 4.69) is 0 Å². The zero-order valence-corrected chi connectivity index (χ0v) is 12.9. The van der Waals surface area contributed by atoms with Gasteiger partial charge in [0.25, 0.3) is 0 Å². The summed E-state index contributed by atoms with van der Waals surface area (Å²) in [6.07, 6.45) is 0. The fourth-order valence-electron chi connectivity index (χ4n) is 1.95. The van der Waals surface area contributed by atoms with Gasteiger partial charge in [0.1, 0.15) is 0 Å². The molecule has 3 nitrogen and oxygen atoms in total. The standard InChI is InChI=1S/C15H16ClNO2S/c1-12-5-3-4-6-15(12)20(18,19)17(2)11-13-7-9-14(16)10-8-13/h3-10H,11H2,1-2H3. The molecule has 20 heavy (non-hydrogen) atoms. The van der Waals surface area contributed by atoms with Crippen LogP contribution in [-0.2, 0) is 16.6 Å². The van der Waals surface area contributed by atoms with Crippen molar-refractivity contribution in [1.82, 2.24) is 4.31 Å². The fraction of sp³-hybridized carbons (Fsp3) is 0.200. The first-order valence-corrected chi connectivity index (χ1v) is 7.99. The summed E-state index contributed by atoms with van der Waals surface area (Å²) in [5.41, 5.74) is 1.64. The van der Waals surface area contributed by atoms with E-state index < -0.39 is 10.0 Å². The van der Waals surface area contributed by atoms with E-state index in [0.29, 0.717) is 16.5 Å². The number of hydrogen-bond donors (Lipinski definition) is 0. The van der Waals surface area contributed by atoms with Gasteiger partial charge in [-0.1, -0.05) is 41.9 Å². The van der Waals surface area contributed by atoms with Gasteiger partial charge in [0, 0.05) is 18.6 Å². The van der Waals surface area contributed by atoms with Gasteiger partial charge in [-0.25, -0.2) is 8.42 Å². The van der Waals surface area contributed by atoms with Gasteiger partial charge >= 0.3 is 0 Å². The van der Waals surface area contributed by atoms with Gasteiger partial charge in [-0.3, -0.25) is 0 Å². The average molecular weight is 310 g/mol. The molecule has 2 aromatic carbocycles. The lowest BCUT2D eigenvalue weighted by atomic mass is 10.2. The second-order valence-corrected chi connectivity index (χ2v) is 7.10. The van der Waals surface area contributed by atoms with Gasteiger partial charge in [-0.15, -0.1) is 0 Å². The van der Waals surface area contributed by atoms with E-state index in [1.165, 1.54) is 4.31 Å². The van der Waals surface area contributed by atoms with Crippen LogP contribution in [-0.4, -0.2) is 19.8 Å². The Labute approximate surface area is 124 Å². The maximum Gasteiger partial charge on any atom is 0.243 e. The molecule has 0 aromatic heterocycles. The summed E-state index contributed by atoms with van der Waals surface area (Å²) in [4.78, 5) is 0.344. The Morgan fingerprint density at radius 1 is 1.05 bits per heavy atom. The molecule has 0 radical (unpaired) electrons. The highest BCUT2D eigenvalue weighted by molar-refractivity contribution is 7.89. The fourth-order valence-corrected chi connectivity index (χ4v) is 3.45. The van der Waals surface area contributed by atoms with Gasteiger partial charge in [0.2, 0.25) is 10.0 Å². The molecular formula is C15H16ClNO2S. The normalized spacial score (nSPS) is 11.8. The number of halogens is 1. The van der Waals surface area contributed by atoms with E-state index in [1.807, 2.05) is 18.2 Å². The third-order valence-corrected chi connectivity index (χ3v) is 5.32. The first-order chi connectivity index (χ1) is 9.41. The van der Waals surface area contributed by atoms with E-state index in [0.717, 1.165) is 11.1 Å². The van der Waals surface area contributed by atoms with Crippen molar-refractivity contribution in [1.29, 1.82) is 0 Å². The molecule has 106 valence electrons. The molecular weight excluding hydrogens is 294 g/mol. The summed E-state index contributed by atoms with van der Waals surface area (Å²) in [6.45, 7) is 2.11. The van der Waals surface area contributed by atoms with Crippen LogP contribution in [0.1, 0.15) is 11.1 Å². The molecule has 0 atom stereocenters. The van der Waals surface area contributed by atoms with E-state index in [4.69, 9.17) is 11.6 Å². The number of sulfonamides is 1. The molecule has 0 amide bonds. The van der Waals surface area contributed by atoms with Gasteiger partial charge < -0.3 is 0 Å². The van der Waals surface area contributed by atoms with Crippen LogP contribution in [0.4, 0.5) is 0 Å². The van der Waals surface area contributed by atoms with Crippen LogP contribution in [0, 0.1) is 6.92 Å². The minimum atomic E-state index is -3.48. The highest BCUT2D eigenvalue weighted by atomic mass is 35.5. The summed E-state index contributed by atoms with van der Waals surface area (Å²) < 4.78 is 26.4. The second-order valence-electron chi connectivity index (χ2n) is 4.65. The zero-order valence-electron chi connectivity index (χ0n) is 11.4. The SMILES string of the molecule is Cc1ccccc1S(=O)(=O)N(C)Cc1ccc(Cl)cc1. The Morgan fingerprint density at radius 3 is 2.25 bits per heavy atom. The summed E-state index contributed by atoms with van der Waals surface area (Å²) in [6, 6.07) is 14.1. The molecule has 0 fully saturated rings. The third kappa shape index (κ3) is 3.20. The van der Waals surface area contributed by atoms with Gasteiger partial charge in [-0.05, 0) is 36.2 Å². The van der Waals surface area contributed by atoms with Crippen LogP contribution < -0.4 is 0 Å². The maximum atomic E-state index is 12.5. The van der Waals surface area contributed by atoms with Gasteiger partial charge in [0.15, 0.2) is 0 Å². The molecule has 0 aliphatic rings. The smallest absolute Gasteiger partial charge is 0.207 e. The minimum Gasteiger partial charge on any atom is -0.207 e. The lowest BCUT2D eigenvalue weighted by molar-refractivity contribution is 0.466. The van der Waals surface area contributed by atoms with Crippen LogP contribution in [0.25, 0.3) is 0 Å². The summed E-state index contributed by atoms with van der Waals surface area (Å²) in [7, 11) is -1.90. The Kier molecular flexibility index (Phi) is 4.48. The molecule has 0 aliphatic carbocycles. The Morgan fingerprint density at radius 2 is 1.65 bits per heavy atom. The number of rotatable bonds is 4. The van der Waals surface area contributed by atoms with Crippen molar-refractivity contribution in [3.63, 3.8) is 0 Å². The quantitative estimate of drug-likeness (QED) is 0.867. The molecule has 0 saturated heterocycles. The summed E-state index contributed by atoms with van der Waals surface area (Å²) in [5, 5.41) is 0.637. The van der Waals surface area contributed by atoms with E-state index in [1.54, 1.807) is 44.3 Å². The van der Waals surface area contributed by atoms with E-state index in [9.17, 15) is 8.42 Å². The average Bonchev–Trinajstić information content (AvgIpc) is 2.41. The molecule has 0 saturated carbocycles. The monoisotopic (exact) mass is 309 g/mol. The number of aryl methyl sites for hydroxylation is 1. The molecule has 0 aliphatic heterocycles. The third-order valence-electron chi connectivity index (χ3n) is 3.10. The van der Waals surface area contributed by atoms with Crippen molar-refractivity contribution >= 4 is 21.6 Å². The second kappa shape index (κ2) is 5.95. The first-order valence-electron chi connectivity index (χ1n) is 6.17. The summed E-state index contributed by atoms with van der Waals surface area (Å²) in [5.74, 6) is 0. The van der Waals surface area contributed by atoms with E-state index in [-0.39, 0.29) is 0 Å². The Balaban J connectivity index is 2.26. The largest absolute Gasteiger partial charge is 0.243 e. The molecule has 0 unspecified atom stereocenters. The zero-order chi connectivity index (χ0) is 14.8. The molecule has 0 bridgehead atoms. The van der Waals surface area contributed by atoms with Crippen LogP contribution in [0.5, 0.6) is 0 Å². The Hall–Kier alpha value is -1.36. The van der Waals surface area contributed by atoms with Crippen molar-refractivity contribution in [3.8, 4) is 0 Å². The molecule has 2 rings (SSSR count). The predicted molar refractivity (Wildman–Crippen MR) is 81.3 cm³/mol. The number of nitrogens with zero attached hydrogens (tertiary/aromatic N) is 1. The maximum absolute atomic E-state index is 12.5. The predicted octanol–water partition coefficient (Wildman–Crippen LogP) is 3.47. The topological polar surface area (TPSA) is 37.4 Å². The number of benzene rings is 2.